The van der Waals surface area contributed by atoms with Crippen molar-refractivity contribution in [3.05, 3.63) is 45.0 Å². The Labute approximate surface area is 129 Å². The van der Waals surface area contributed by atoms with Gasteiger partial charge >= 0.3 is 5.69 Å². The Kier molecular flexibility index (Phi) is 3.90. The van der Waals surface area contributed by atoms with Crippen molar-refractivity contribution >= 4 is 0 Å². The topological polar surface area (TPSA) is 143 Å². The summed E-state index contributed by atoms with van der Waals surface area (Å²) in [4.78, 5) is 30.2. The molecule has 1 aliphatic rings. The van der Waals surface area contributed by atoms with Crippen molar-refractivity contribution in [2.75, 3.05) is 6.61 Å². The molecule has 124 valence electrons. The van der Waals surface area contributed by atoms with Gasteiger partial charge in [-0.05, 0) is 0 Å². The number of ether oxygens (including phenoxy) is 1. The lowest BCUT2D eigenvalue weighted by molar-refractivity contribution is -0.0233. The summed E-state index contributed by atoms with van der Waals surface area (Å²) in [5.41, 5.74) is -1.48. The number of aliphatic hydroxyl groups excluding tert-OH is 3. The molecule has 0 unspecified atom stereocenters. The van der Waals surface area contributed by atoms with Gasteiger partial charge in [-0.25, -0.2) is 14.3 Å². The fourth-order valence-electron chi connectivity index (χ4n) is 2.58. The van der Waals surface area contributed by atoms with Crippen LogP contribution in [-0.2, 0) is 11.8 Å². The van der Waals surface area contributed by atoms with Crippen LogP contribution in [0.5, 0.6) is 0 Å². The Morgan fingerprint density at radius 1 is 1.35 bits per heavy atom. The van der Waals surface area contributed by atoms with Crippen LogP contribution in [0.1, 0.15) is 11.7 Å². The number of hydrogen-bond donors (Lipinski definition) is 4. The second kappa shape index (κ2) is 5.74. The summed E-state index contributed by atoms with van der Waals surface area (Å²) in [7, 11) is 1.67. The highest BCUT2D eigenvalue weighted by molar-refractivity contribution is 5.20. The summed E-state index contributed by atoms with van der Waals surface area (Å²) in [6.45, 7) is -0.508. The average molecular weight is 324 g/mol. The first-order chi connectivity index (χ1) is 10.9. The van der Waals surface area contributed by atoms with Gasteiger partial charge in [-0.15, -0.1) is 0 Å². The minimum absolute atomic E-state index is 0.0462. The number of hydrogen-bond acceptors (Lipinski definition) is 7. The summed E-state index contributed by atoms with van der Waals surface area (Å²) in [6, 6.07) is 0. The molecular formula is C13H16N4O6. The molecule has 0 aliphatic carbocycles. The molecule has 0 spiro atoms. The highest BCUT2D eigenvalue weighted by atomic mass is 16.6. The summed E-state index contributed by atoms with van der Waals surface area (Å²) in [5, 5.41) is 29.0. The molecule has 0 saturated carbocycles. The third kappa shape index (κ3) is 2.51. The minimum Gasteiger partial charge on any atom is -0.394 e. The van der Waals surface area contributed by atoms with Crippen LogP contribution >= 0.6 is 0 Å². The van der Waals surface area contributed by atoms with Crippen LogP contribution in [0.4, 0.5) is 0 Å². The van der Waals surface area contributed by atoms with Crippen LogP contribution in [0.15, 0.2) is 28.2 Å². The van der Waals surface area contributed by atoms with Crippen LogP contribution in [0.2, 0.25) is 0 Å². The minimum atomic E-state index is -1.40. The maximum atomic E-state index is 12.0. The maximum Gasteiger partial charge on any atom is 0.335 e. The predicted molar refractivity (Wildman–Crippen MR) is 76.1 cm³/mol. The zero-order valence-corrected chi connectivity index (χ0v) is 12.2. The van der Waals surface area contributed by atoms with Crippen molar-refractivity contribution in [2.24, 2.45) is 7.05 Å². The summed E-state index contributed by atoms with van der Waals surface area (Å²) in [6.07, 6.45) is -0.596. The van der Waals surface area contributed by atoms with Crippen molar-refractivity contribution in [1.82, 2.24) is 19.1 Å². The molecule has 2 aromatic heterocycles. The smallest absolute Gasteiger partial charge is 0.335 e. The molecule has 0 bridgehead atoms. The fourth-order valence-corrected chi connectivity index (χ4v) is 2.58. The standard InChI is InChI=1S/C13H16N4O6/c1-16-3-2-14-12(16)17-4-6(11(21)15-13(17)22)10-9(20)8(19)7(5-18)23-10/h2-4,7-10,18-20H,5H2,1H3,(H,15,21,22)/t7-,8-,9-,10+/m1/s1. The maximum absolute atomic E-state index is 12.0. The van der Waals surface area contributed by atoms with Gasteiger partial charge in [0.05, 0.1) is 12.2 Å². The Bertz CT molecular complexity index is 824. The molecule has 3 rings (SSSR count). The van der Waals surface area contributed by atoms with E-state index in [0.717, 1.165) is 4.57 Å². The van der Waals surface area contributed by atoms with E-state index in [2.05, 4.69) is 9.97 Å². The lowest BCUT2D eigenvalue weighted by atomic mass is 10.0. The van der Waals surface area contributed by atoms with E-state index in [1.165, 1.54) is 12.4 Å². The molecule has 3 heterocycles. The SMILES string of the molecule is Cn1ccnc1-n1cc([C@@H]2O[C@H](CO)[C@@H](O)[C@H]2O)c(=O)[nH]c1=O. The molecule has 2 aromatic rings. The van der Waals surface area contributed by atoms with Gasteiger partial charge in [-0.2, -0.15) is 0 Å². The second-order valence-electron chi connectivity index (χ2n) is 5.31. The largest absolute Gasteiger partial charge is 0.394 e. The molecule has 4 N–H and O–H groups in total. The van der Waals surface area contributed by atoms with Crippen LogP contribution in [0.25, 0.3) is 5.95 Å². The fraction of sp³-hybridized carbons (Fsp3) is 0.462. The highest BCUT2D eigenvalue weighted by Gasteiger charge is 2.44. The van der Waals surface area contributed by atoms with Crippen molar-refractivity contribution in [3.8, 4) is 5.95 Å². The van der Waals surface area contributed by atoms with E-state index in [0.29, 0.717) is 0 Å². The van der Waals surface area contributed by atoms with Crippen LogP contribution < -0.4 is 11.2 Å². The number of aliphatic hydroxyl groups is 3. The van der Waals surface area contributed by atoms with Gasteiger partial charge in [0.25, 0.3) is 5.56 Å². The van der Waals surface area contributed by atoms with Gasteiger partial charge < -0.3 is 24.6 Å². The van der Waals surface area contributed by atoms with Crippen molar-refractivity contribution in [3.63, 3.8) is 0 Å². The van der Waals surface area contributed by atoms with Gasteiger partial charge in [-0.3, -0.25) is 9.78 Å². The summed E-state index contributed by atoms with van der Waals surface area (Å²) in [5.74, 6) is 0.263. The van der Waals surface area contributed by atoms with E-state index in [9.17, 15) is 19.8 Å². The van der Waals surface area contributed by atoms with Gasteiger partial charge in [0.1, 0.15) is 24.4 Å². The Morgan fingerprint density at radius 2 is 2.09 bits per heavy atom. The number of nitrogens with one attached hydrogen (secondary N) is 1. The van der Waals surface area contributed by atoms with Gasteiger partial charge in [0.15, 0.2) is 0 Å². The predicted octanol–water partition coefficient (Wildman–Crippen LogP) is -2.59. The number of nitrogens with zero attached hydrogens (tertiary/aromatic N) is 3. The van der Waals surface area contributed by atoms with Gasteiger partial charge in [0, 0.05) is 25.6 Å². The molecule has 23 heavy (non-hydrogen) atoms. The number of H-pyrrole nitrogens is 1. The number of aromatic amines is 1. The van der Waals surface area contributed by atoms with Gasteiger partial charge in [-0.1, -0.05) is 0 Å². The molecule has 1 saturated heterocycles. The number of aromatic nitrogens is 4. The third-order valence-corrected chi connectivity index (χ3v) is 3.83. The van der Waals surface area contributed by atoms with E-state index in [1.807, 2.05) is 0 Å². The van der Waals surface area contributed by atoms with E-state index < -0.39 is 42.3 Å². The number of rotatable bonds is 3. The summed E-state index contributed by atoms with van der Waals surface area (Å²) < 4.78 is 8.00. The Hall–Kier alpha value is -2.27. The van der Waals surface area contributed by atoms with E-state index in [1.54, 1.807) is 17.8 Å². The molecule has 0 radical (unpaired) electrons. The lowest BCUT2D eigenvalue weighted by Crippen LogP contribution is -2.36. The van der Waals surface area contributed by atoms with Crippen molar-refractivity contribution in [1.29, 1.82) is 0 Å². The van der Waals surface area contributed by atoms with Gasteiger partial charge in [0.2, 0.25) is 5.95 Å². The first-order valence-electron chi connectivity index (χ1n) is 6.90. The third-order valence-electron chi connectivity index (χ3n) is 3.83. The van der Waals surface area contributed by atoms with Crippen molar-refractivity contribution < 1.29 is 20.1 Å². The molecule has 0 aromatic carbocycles. The first-order valence-corrected chi connectivity index (χ1v) is 6.90. The first kappa shape index (κ1) is 15.6. The monoisotopic (exact) mass is 324 g/mol. The Morgan fingerprint density at radius 3 is 2.65 bits per heavy atom. The quantitative estimate of drug-likeness (QED) is 0.485. The zero-order valence-electron chi connectivity index (χ0n) is 12.2. The average Bonchev–Trinajstić information content (AvgIpc) is 3.05. The Balaban J connectivity index is 2.09. The van der Waals surface area contributed by atoms with Crippen LogP contribution in [0, 0.1) is 0 Å². The molecule has 4 atom stereocenters. The molecule has 10 nitrogen and oxygen atoms in total. The highest BCUT2D eigenvalue weighted by Crippen LogP contribution is 2.31. The molecule has 1 fully saturated rings. The van der Waals surface area contributed by atoms with E-state index in [-0.39, 0.29) is 11.5 Å². The zero-order chi connectivity index (χ0) is 16.7. The normalized spacial score (nSPS) is 27.5. The number of imidazole rings is 1. The number of aryl methyl sites for hydroxylation is 1. The van der Waals surface area contributed by atoms with Crippen LogP contribution in [-0.4, -0.2) is 59.3 Å². The molecular weight excluding hydrogens is 308 g/mol. The van der Waals surface area contributed by atoms with Crippen molar-refractivity contribution in [2.45, 2.75) is 24.4 Å². The van der Waals surface area contributed by atoms with Crippen LogP contribution in [0.3, 0.4) is 0 Å². The second-order valence-corrected chi connectivity index (χ2v) is 5.31. The lowest BCUT2D eigenvalue weighted by Gasteiger charge is -2.15. The van der Waals surface area contributed by atoms with E-state index in [4.69, 9.17) is 9.84 Å². The molecule has 1 aliphatic heterocycles. The molecule has 0 amide bonds. The summed E-state index contributed by atoms with van der Waals surface area (Å²) >= 11 is 0. The molecule has 10 heteroatoms. The van der Waals surface area contributed by atoms with E-state index >= 15 is 0 Å².